The molecule has 6 heteroatoms. The van der Waals surface area contributed by atoms with Gasteiger partial charge in [0.1, 0.15) is 5.69 Å². The molecule has 0 saturated heterocycles. The van der Waals surface area contributed by atoms with Crippen molar-refractivity contribution >= 4 is 23.2 Å². The topological polar surface area (TPSA) is 59.3 Å². The van der Waals surface area contributed by atoms with Crippen LogP contribution in [-0.4, -0.2) is 27.0 Å². The van der Waals surface area contributed by atoms with Gasteiger partial charge in [-0.05, 0) is 44.0 Å². The SMILES string of the molecule is Cc1cc2nc(C(=O)NCCc3ccc(Cl)cc3)cc(C)n2n1. The highest BCUT2D eigenvalue weighted by Gasteiger charge is 2.11. The van der Waals surface area contributed by atoms with Crippen LogP contribution in [0.3, 0.4) is 0 Å². The van der Waals surface area contributed by atoms with E-state index in [9.17, 15) is 4.79 Å². The van der Waals surface area contributed by atoms with Gasteiger partial charge in [0.15, 0.2) is 5.65 Å². The smallest absolute Gasteiger partial charge is 0.270 e. The van der Waals surface area contributed by atoms with E-state index in [0.717, 1.165) is 23.4 Å². The minimum atomic E-state index is -0.177. The zero-order valence-corrected chi connectivity index (χ0v) is 13.8. The molecule has 1 amide bonds. The highest BCUT2D eigenvalue weighted by atomic mass is 35.5. The van der Waals surface area contributed by atoms with Gasteiger partial charge in [0.25, 0.3) is 5.91 Å². The molecule has 3 aromatic rings. The van der Waals surface area contributed by atoms with Crippen LogP contribution in [0.1, 0.15) is 27.4 Å². The largest absolute Gasteiger partial charge is 0.350 e. The fourth-order valence-corrected chi connectivity index (χ4v) is 2.54. The first-order valence-electron chi connectivity index (χ1n) is 7.39. The third-order valence-electron chi connectivity index (χ3n) is 3.57. The quantitative estimate of drug-likeness (QED) is 0.801. The molecule has 0 aliphatic heterocycles. The van der Waals surface area contributed by atoms with Crippen LogP contribution in [0.15, 0.2) is 36.4 Å². The zero-order valence-electron chi connectivity index (χ0n) is 13.0. The van der Waals surface area contributed by atoms with E-state index >= 15 is 0 Å². The number of carbonyl (C=O) groups is 1. The van der Waals surface area contributed by atoms with Crippen LogP contribution in [0.2, 0.25) is 5.02 Å². The molecule has 0 aliphatic rings. The van der Waals surface area contributed by atoms with Crippen LogP contribution in [0.5, 0.6) is 0 Å². The van der Waals surface area contributed by atoms with E-state index in [1.807, 2.05) is 44.2 Å². The number of benzene rings is 1. The molecule has 0 fully saturated rings. The predicted molar refractivity (Wildman–Crippen MR) is 90.0 cm³/mol. The second kappa shape index (κ2) is 6.38. The van der Waals surface area contributed by atoms with Gasteiger partial charge < -0.3 is 5.32 Å². The molecule has 0 unspecified atom stereocenters. The van der Waals surface area contributed by atoms with Crippen LogP contribution in [0.4, 0.5) is 0 Å². The third-order valence-corrected chi connectivity index (χ3v) is 3.82. The van der Waals surface area contributed by atoms with E-state index in [1.54, 1.807) is 10.6 Å². The predicted octanol–water partition coefficient (Wildman–Crippen LogP) is 2.97. The number of nitrogens with zero attached hydrogens (tertiary/aromatic N) is 3. The van der Waals surface area contributed by atoms with Crippen molar-refractivity contribution in [2.75, 3.05) is 6.54 Å². The molecule has 0 bridgehead atoms. The Morgan fingerprint density at radius 1 is 1.22 bits per heavy atom. The van der Waals surface area contributed by atoms with Crippen molar-refractivity contribution in [2.45, 2.75) is 20.3 Å². The van der Waals surface area contributed by atoms with Gasteiger partial charge in [0.05, 0.1) is 5.69 Å². The van der Waals surface area contributed by atoms with Gasteiger partial charge in [0, 0.05) is 23.3 Å². The van der Waals surface area contributed by atoms with E-state index in [-0.39, 0.29) is 5.91 Å². The summed E-state index contributed by atoms with van der Waals surface area (Å²) in [5, 5.41) is 7.94. The number of nitrogens with one attached hydrogen (secondary N) is 1. The molecule has 3 rings (SSSR count). The fraction of sp³-hybridized carbons (Fsp3) is 0.235. The number of hydrogen-bond acceptors (Lipinski definition) is 3. The van der Waals surface area contributed by atoms with E-state index in [0.29, 0.717) is 22.9 Å². The number of hydrogen-bond donors (Lipinski definition) is 1. The van der Waals surface area contributed by atoms with Crippen molar-refractivity contribution in [3.8, 4) is 0 Å². The minimum absolute atomic E-state index is 0.177. The summed E-state index contributed by atoms with van der Waals surface area (Å²) >= 11 is 5.86. The number of aromatic nitrogens is 3. The maximum Gasteiger partial charge on any atom is 0.270 e. The Kier molecular flexibility index (Phi) is 4.30. The first-order valence-corrected chi connectivity index (χ1v) is 7.77. The van der Waals surface area contributed by atoms with Crippen molar-refractivity contribution in [1.29, 1.82) is 0 Å². The number of aryl methyl sites for hydroxylation is 2. The molecule has 5 nitrogen and oxygen atoms in total. The van der Waals surface area contributed by atoms with E-state index < -0.39 is 0 Å². The number of amides is 1. The minimum Gasteiger partial charge on any atom is -0.350 e. The molecule has 118 valence electrons. The second-order valence-corrected chi connectivity index (χ2v) is 5.91. The summed E-state index contributed by atoms with van der Waals surface area (Å²) in [5.74, 6) is -0.177. The average molecular weight is 329 g/mol. The molecule has 0 saturated carbocycles. The normalized spacial score (nSPS) is 10.9. The average Bonchev–Trinajstić information content (AvgIpc) is 2.90. The van der Waals surface area contributed by atoms with Crippen molar-refractivity contribution in [3.05, 3.63) is 64.1 Å². The molecule has 0 spiro atoms. The Morgan fingerprint density at radius 3 is 2.70 bits per heavy atom. The highest BCUT2D eigenvalue weighted by Crippen LogP contribution is 2.10. The lowest BCUT2D eigenvalue weighted by Gasteiger charge is -2.07. The highest BCUT2D eigenvalue weighted by molar-refractivity contribution is 6.30. The van der Waals surface area contributed by atoms with Crippen molar-refractivity contribution in [3.63, 3.8) is 0 Å². The molecule has 23 heavy (non-hydrogen) atoms. The Morgan fingerprint density at radius 2 is 1.96 bits per heavy atom. The summed E-state index contributed by atoms with van der Waals surface area (Å²) in [6.07, 6.45) is 0.746. The Bertz CT molecular complexity index is 855. The van der Waals surface area contributed by atoms with Crippen LogP contribution in [0.25, 0.3) is 5.65 Å². The van der Waals surface area contributed by atoms with Crippen LogP contribution < -0.4 is 5.32 Å². The maximum absolute atomic E-state index is 12.3. The molecule has 1 aromatic carbocycles. The Hall–Kier alpha value is -2.40. The van der Waals surface area contributed by atoms with Gasteiger partial charge in [-0.25, -0.2) is 9.50 Å². The van der Waals surface area contributed by atoms with Gasteiger partial charge in [-0.1, -0.05) is 23.7 Å². The molecule has 2 aromatic heterocycles. The van der Waals surface area contributed by atoms with Crippen molar-refractivity contribution in [2.24, 2.45) is 0 Å². The first kappa shape index (κ1) is 15.5. The molecular formula is C17H17ClN4O. The third kappa shape index (κ3) is 3.51. The van der Waals surface area contributed by atoms with Crippen LogP contribution >= 0.6 is 11.6 Å². The van der Waals surface area contributed by atoms with E-state index in [1.165, 1.54) is 0 Å². The molecule has 0 aliphatic carbocycles. The summed E-state index contributed by atoms with van der Waals surface area (Å²) in [7, 11) is 0. The number of carbonyl (C=O) groups excluding carboxylic acids is 1. The van der Waals surface area contributed by atoms with Gasteiger partial charge in [-0.2, -0.15) is 5.10 Å². The Balaban J connectivity index is 1.67. The summed E-state index contributed by atoms with van der Waals surface area (Å²) in [4.78, 5) is 16.6. The molecular weight excluding hydrogens is 312 g/mol. The number of halogens is 1. The molecule has 1 N–H and O–H groups in total. The second-order valence-electron chi connectivity index (χ2n) is 5.47. The summed E-state index contributed by atoms with van der Waals surface area (Å²) in [5.41, 5.74) is 3.98. The maximum atomic E-state index is 12.3. The number of fused-ring (bicyclic) bond motifs is 1. The summed E-state index contributed by atoms with van der Waals surface area (Å²) in [6.45, 7) is 4.36. The molecule has 0 atom stereocenters. The van der Waals surface area contributed by atoms with Gasteiger partial charge in [0.2, 0.25) is 0 Å². The van der Waals surface area contributed by atoms with Crippen LogP contribution in [0, 0.1) is 13.8 Å². The lowest BCUT2D eigenvalue weighted by molar-refractivity contribution is 0.0949. The van der Waals surface area contributed by atoms with Gasteiger partial charge in [-0.3, -0.25) is 4.79 Å². The van der Waals surface area contributed by atoms with Gasteiger partial charge >= 0.3 is 0 Å². The first-order chi connectivity index (χ1) is 11.0. The van der Waals surface area contributed by atoms with E-state index in [2.05, 4.69) is 15.4 Å². The summed E-state index contributed by atoms with van der Waals surface area (Å²) < 4.78 is 1.74. The summed E-state index contributed by atoms with van der Waals surface area (Å²) in [6, 6.07) is 11.2. The standard InChI is InChI=1S/C17H17ClN4O/c1-11-9-16-20-15(10-12(2)22(16)21-11)17(23)19-8-7-13-3-5-14(18)6-4-13/h3-6,9-10H,7-8H2,1-2H3,(H,19,23). The van der Waals surface area contributed by atoms with Crippen molar-refractivity contribution in [1.82, 2.24) is 19.9 Å². The number of rotatable bonds is 4. The van der Waals surface area contributed by atoms with Gasteiger partial charge in [-0.15, -0.1) is 0 Å². The molecule has 0 radical (unpaired) electrons. The Labute approximate surface area is 139 Å². The lowest BCUT2D eigenvalue weighted by atomic mass is 10.1. The van der Waals surface area contributed by atoms with Crippen LogP contribution in [-0.2, 0) is 6.42 Å². The van der Waals surface area contributed by atoms with E-state index in [4.69, 9.17) is 11.6 Å². The zero-order chi connectivity index (χ0) is 16.4. The van der Waals surface area contributed by atoms with Crippen molar-refractivity contribution < 1.29 is 4.79 Å². The molecule has 2 heterocycles. The fourth-order valence-electron chi connectivity index (χ4n) is 2.42. The monoisotopic (exact) mass is 328 g/mol. The lowest BCUT2D eigenvalue weighted by Crippen LogP contribution is -2.27.